The van der Waals surface area contributed by atoms with E-state index < -0.39 is 21.8 Å². The summed E-state index contributed by atoms with van der Waals surface area (Å²) in [6, 6.07) is 10.7. The minimum Gasteiger partial charge on any atom is -0.354 e. The summed E-state index contributed by atoms with van der Waals surface area (Å²) in [4.78, 5) is 14.4. The summed E-state index contributed by atoms with van der Waals surface area (Å²) in [7, 11) is -3.89. The fraction of sp³-hybridized carbons (Fsp3) is 0.250. The molecule has 1 fully saturated rings. The maximum atomic E-state index is 12.8. The minimum atomic E-state index is -4.52. The monoisotopic (exact) mass is 464 g/mol. The molecule has 0 bridgehead atoms. The average Bonchev–Trinajstić information content (AvgIpc) is 2.79. The fourth-order valence-electron chi connectivity index (χ4n) is 3.28. The van der Waals surface area contributed by atoms with E-state index in [2.05, 4.69) is 20.3 Å². The van der Waals surface area contributed by atoms with Gasteiger partial charge in [0.1, 0.15) is 23.8 Å². The number of sulfonamides is 1. The van der Waals surface area contributed by atoms with Gasteiger partial charge in [-0.3, -0.25) is 0 Å². The molecule has 1 saturated heterocycles. The summed E-state index contributed by atoms with van der Waals surface area (Å²) in [6.07, 6.45) is -1.46. The lowest BCUT2D eigenvalue weighted by Gasteiger charge is -2.34. The van der Waals surface area contributed by atoms with Crippen LogP contribution in [0.15, 0.2) is 66.0 Å². The van der Waals surface area contributed by atoms with E-state index in [0.29, 0.717) is 30.5 Å². The lowest BCUT2D eigenvalue weighted by molar-refractivity contribution is -0.137. The third-order valence-electron chi connectivity index (χ3n) is 4.96. The number of halogens is 3. The first-order valence-electron chi connectivity index (χ1n) is 9.66. The van der Waals surface area contributed by atoms with Crippen molar-refractivity contribution in [1.82, 2.24) is 19.3 Å². The van der Waals surface area contributed by atoms with E-state index in [1.165, 1.54) is 10.6 Å². The predicted molar refractivity (Wildman–Crippen MR) is 112 cm³/mol. The molecule has 0 saturated carbocycles. The molecule has 4 rings (SSSR count). The van der Waals surface area contributed by atoms with Crippen molar-refractivity contribution in [2.75, 3.05) is 36.4 Å². The van der Waals surface area contributed by atoms with Crippen molar-refractivity contribution in [1.29, 1.82) is 0 Å². The second-order valence-electron chi connectivity index (χ2n) is 7.01. The average molecular weight is 464 g/mol. The standard InChI is InChI=1S/C20H19F3N6O2S/c21-20(22,23)15-4-6-16(7-5-15)32(30,31)29-11-9-28(10-12-29)19-13-18(25-14-26-19)27-17-3-1-2-8-24-17/h1-8,13-14H,9-12H2,(H,24,25,26,27). The number of nitrogens with one attached hydrogen (secondary N) is 1. The van der Waals surface area contributed by atoms with E-state index >= 15 is 0 Å². The Hall–Kier alpha value is -3.25. The summed E-state index contributed by atoms with van der Waals surface area (Å²) in [5, 5.41) is 3.08. The van der Waals surface area contributed by atoms with Gasteiger partial charge in [0.05, 0.1) is 10.5 Å². The molecule has 1 aliphatic heterocycles. The van der Waals surface area contributed by atoms with Crippen molar-refractivity contribution in [3.05, 3.63) is 66.6 Å². The molecule has 3 heterocycles. The summed E-state index contributed by atoms with van der Waals surface area (Å²) in [6.45, 7) is 1.10. The normalized spacial score (nSPS) is 15.5. The van der Waals surface area contributed by atoms with E-state index in [9.17, 15) is 21.6 Å². The van der Waals surface area contributed by atoms with Gasteiger partial charge in [-0.05, 0) is 36.4 Å². The smallest absolute Gasteiger partial charge is 0.354 e. The molecule has 0 amide bonds. The first-order chi connectivity index (χ1) is 15.2. The Bertz CT molecular complexity index is 1170. The zero-order valence-electron chi connectivity index (χ0n) is 16.7. The van der Waals surface area contributed by atoms with E-state index in [0.717, 1.165) is 24.3 Å². The van der Waals surface area contributed by atoms with Crippen molar-refractivity contribution in [2.45, 2.75) is 11.1 Å². The maximum Gasteiger partial charge on any atom is 0.416 e. The molecule has 0 atom stereocenters. The molecule has 2 aromatic heterocycles. The lowest BCUT2D eigenvalue weighted by atomic mass is 10.2. The summed E-state index contributed by atoms with van der Waals surface area (Å²) in [5.74, 6) is 1.81. The van der Waals surface area contributed by atoms with Crippen LogP contribution >= 0.6 is 0 Å². The Morgan fingerprint density at radius 2 is 1.59 bits per heavy atom. The number of hydrogen-bond acceptors (Lipinski definition) is 7. The van der Waals surface area contributed by atoms with Crippen molar-refractivity contribution in [3.8, 4) is 0 Å². The van der Waals surface area contributed by atoms with Crippen molar-refractivity contribution >= 4 is 27.5 Å². The second-order valence-corrected chi connectivity index (χ2v) is 8.95. The SMILES string of the molecule is O=S(=O)(c1ccc(C(F)(F)F)cc1)N1CCN(c2cc(Nc3ccccn3)ncn2)CC1. The fourth-order valence-corrected chi connectivity index (χ4v) is 4.70. The van der Waals surface area contributed by atoms with E-state index in [1.807, 2.05) is 11.0 Å². The molecule has 1 N–H and O–H groups in total. The lowest BCUT2D eigenvalue weighted by Crippen LogP contribution is -2.48. The molecule has 12 heteroatoms. The Morgan fingerprint density at radius 3 is 2.22 bits per heavy atom. The Kier molecular flexibility index (Phi) is 5.98. The highest BCUT2D eigenvalue weighted by molar-refractivity contribution is 7.89. The first kappa shape index (κ1) is 22.0. The summed E-state index contributed by atoms with van der Waals surface area (Å²) >= 11 is 0. The van der Waals surface area contributed by atoms with Gasteiger partial charge in [0.25, 0.3) is 0 Å². The number of anilines is 3. The van der Waals surface area contributed by atoms with Gasteiger partial charge >= 0.3 is 6.18 Å². The van der Waals surface area contributed by atoms with E-state index in [-0.39, 0.29) is 18.0 Å². The van der Waals surface area contributed by atoms with Crippen LogP contribution in [0.3, 0.4) is 0 Å². The molecule has 0 radical (unpaired) electrons. The highest BCUT2D eigenvalue weighted by Crippen LogP contribution is 2.30. The van der Waals surface area contributed by atoms with E-state index in [4.69, 9.17) is 0 Å². The largest absolute Gasteiger partial charge is 0.416 e. The van der Waals surface area contributed by atoms with Gasteiger partial charge < -0.3 is 10.2 Å². The second kappa shape index (κ2) is 8.71. The molecule has 0 aliphatic carbocycles. The van der Waals surface area contributed by atoms with Gasteiger partial charge in [0, 0.05) is 38.4 Å². The van der Waals surface area contributed by atoms with E-state index in [1.54, 1.807) is 24.4 Å². The third-order valence-corrected chi connectivity index (χ3v) is 6.87. The Labute approximate surface area is 182 Å². The van der Waals surface area contributed by atoms with Gasteiger partial charge in [-0.2, -0.15) is 17.5 Å². The quantitative estimate of drug-likeness (QED) is 0.620. The van der Waals surface area contributed by atoms with Crippen molar-refractivity contribution in [2.24, 2.45) is 0 Å². The molecule has 168 valence electrons. The zero-order chi connectivity index (χ0) is 22.8. The van der Waals surface area contributed by atoms with Crippen LogP contribution in [0.5, 0.6) is 0 Å². The molecule has 8 nitrogen and oxygen atoms in total. The Balaban J connectivity index is 1.42. The number of benzene rings is 1. The van der Waals surface area contributed by atoms with Gasteiger partial charge in [-0.25, -0.2) is 23.4 Å². The Morgan fingerprint density at radius 1 is 0.875 bits per heavy atom. The number of pyridine rings is 1. The first-order valence-corrected chi connectivity index (χ1v) is 11.1. The number of hydrogen-bond donors (Lipinski definition) is 1. The van der Waals surface area contributed by atoms with Gasteiger partial charge in [-0.15, -0.1) is 0 Å². The van der Waals surface area contributed by atoms with Crippen molar-refractivity contribution in [3.63, 3.8) is 0 Å². The molecule has 0 unspecified atom stereocenters. The number of nitrogens with zero attached hydrogens (tertiary/aromatic N) is 5. The number of alkyl halides is 3. The molecular weight excluding hydrogens is 445 g/mol. The number of aromatic nitrogens is 3. The highest BCUT2D eigenvalue weighted by Gasteiger charge is 2.32. The molecular formula is C20H19F3N6O2S. The number of rotatable bonds is 5. The van der Waals surface area contributed by atoms with Crippen LogP contribution in [-0.2, 0) is 16.2 Å². The molecule has 1 aliphatic rings. The molecule has 3 aromatic rings. The summed E-state index contributed by atoms with van der Waals surface area (Å²) < 4.78 is 65.2. The topological polar surface area (TPSA) is 91.3 Å². The van der Waals surface area contributed by atoms with Crippen LogP contribution in [0.4, 0.5) is 30.6 Å². The van der Waals surface area contributed by atoms with Crippen LogP contribution in [0.1, 0.15) is 5.56 Å². The van der Waals surface area contributed by atoms with Crippen LogP contribution in [0.2, 0.25) is 0 Å². The van der Waals surface area contributed by atoms with Gasteiger partial charge in [-0.1, -0.05) is 6.07 Å². The molecule has 0 spiro atoms. The van der Waals surface area contributed by atoms with Crippen LogP contribution in [0.25, 0.3) is 0 Å². The molecule has 1 aromatic carbocycles. The summed E-state index contributed by atoms with van der Waals surface area (Å²) in [5.41, 5.74) is -0.889. The molecule has 32 heavy (non-hydrogen) atoms. The van der Waals surface area contributed by atoms with Crippen molar-refractivity contribution < 1.29 is 21.6 Å². The predicted octanol–water partition coefficient (Wildman–Crippen LogP) is 3.14. The van der Waals surface area contributed by atoms with Gasteiger partial charge in [0.2, 0.25) is 10.0 Å². The minimum absolute atomic E-state index is 0.164. The maximum absolute atomic E-state index is 12.8. The van der Waals surface area contributed by atoms with Crippen LogP contribution < -0.4 is 10.2 Å². The third kappa shape index (κ3) is 4.81. The highest BCUT2D eigenvalue weighted by atomic mass is 32.2. The van der Waals surface area contributed by atoms with Crippen LogP contribution in [0, 0.1) is 0 Å². The zero-order valence-corrected chi connectivity index (χ0v) is 17.5. The van der Waals surface area contributed by atoms with Gasteiger partial charge in [0.15, 0.2) is 0 Å². The van der Waals surface area contributed by atoms with Crippen LogP contribution in [-0.4, -0.2) is 53.9 Å². The number of piperazine rings is 1.